The lowest BCUT2D eigenvalue weighted by Crippen LogP contribution is -2.55. The van der Waals surface area contributed by atoms with Crippen LogP contribution in [-0.4, -0.2) is 46.1 Å². The van der Waals surface area contributed by atoms with Gasteiger partial charge in [-0.2, -0.15) is 0 Å². The molecule has 2 saturated carbocycles. The van der Waals surface area contributed by atoms with E-state index in [9.17, 15) is 8.78 Å². The highest BCUT2D eigenvalue weighted by atomic mass is 19.3. The highest BCUT2D eigenvalue weighted by Crippen LogP contribution is 2.69. The fourth-order valence-electron chi connectivity index (χ4n) is 9.64. The van der Waals surface area contributed by atoms with E-state index >= 15 is 0 Å². The lowest BCUT2D eigenvalue weighted by molar-refractivity contribution is -0.141. The van der Waals surface area contributed by atoms with Gasteiger partial charge in [0.05, 0.1) is 17.7 Å². The lowest BCUT2D eigenvalue weighted by atomic mass is 9.58. The SMILES string of the molecule is C[C@]12CC=C3C=C4CCC(N5CCC(F)(F)C5)C[C@]45CC[C@]3(O5)[C@@H]1CCC2c1ccc2ccncc2c1. The molecule has 4 heterocycles. The van der Waals surface area contributed by atoms with Gasteiger partial charge in [-0.05, 0) is 103 Å². The van der Waals surface area contributed by atoms with Crippen molar-refractivity contribution in [1.82, 2.24) is 9.88 Å². The summed E-state index contributed by atoms with van der Waals surface area (Å²) in [5, 5.41) is 2.47. The Balaban J connectivity index is 1.12. The maximum Gasteiger partial charge on any atom is 0.261 e. The second-order valence-corrected chi connectivity index (χ2v) is 13.2. The topological polar surface area (TPSA) is 25.4 Å². The van der Waals surface area contributed by atoms with Crippen LogP contribution in [0.1, 0.15) is 76.2 Å². The van der Waals surface area contributed by atoms with Crippen LogP contribution < -0.4 is 0 Å². The molecule has 1 aromatic carbocycles. The van der Waals surface area contributed by atoms with E-state index in [0.29, 0.717) is 18.4 Å². The number of hydrogen-bond donors (Lipinski definition) is 0. The Labute approximate surface area is 218 Å². The summed E-state index contributed by atoms with van der Waals surface area (Å²) in [6, 6.07) is 9.26. The molecular formula is C32H36F2N2O. The molecule has 0 amide bonds. The first-order chi connectivity index (χ1) is 17.8. The van der Waals surface area contributed by atoms with Crippen molar-refractivity contribution >= 4 is 10.8 Å². The van der Waals surface area contributed by atoms with Crippen molar-refractivity contribution < 1.29 is 13.5 Å². The molecule has 2 unspecified atom stereocenters. The summed E-state index contributed by atoms with van der Waals surface area (Å²) in [5.41, 5.74) is 4.00. The number of allylic oxidation sites excluding steroid dienone is 1. The molecule has 0 radical (unpaired) electrons. The van der Waals surface area contributed by atoms with E-state index in [1.165, 1.54) is 40.3 Å². The van der Waals surface area contributed by atoms with E-state index in [1.54, 1.807) is 0 Å². The molecule has 2 aromatic rings. The van der Waals surface area contributed by atoms with E-state index in [-0.39, 0.29) is 35.6 Å². The highest BCUT2D eigenvalue weighted by molar-refractivity contribution is 5.82. The monoisotopic (exact) mass is 502 g/mol. The first-order valence-corrected chi connectivity index (χ1v) is 14.4. The summed E-state index contributed by atoms with van der Waals surface area (Å²) in [5.74, 6) is -1.54. The van der Waals surface area contributed by atoms with Gasteiger partial charge >= 0.3 is 0 Å². The largest absolute Gasteiger partial charge is 0.359 e. The van der Waals surface area contributed by atoms with Crippen LogP contribution in [0.2, 0.25) is 0 Å². The van der Waals surface area contributed by atoms with Crippen molar-refractivity contribution in [3.05, 3.63) is 65.5 Å². The third-order valence-electron chi connectivity index (χ3n) is 11.4. The number of ether oxygens (including phenoxy) is 1. The predicted octanol–water partition coefficient (Wildman–Crippen LogP) is 7.19. The van der Waals surface area contributed by atoms with Crippen LogP contribution in [0.4, 0.5) is 8.78 Å². The summed E-state index contributed by atoms with van der Waals surface area (Å²) in [6.07, 6.45) is 17.3. The lowest BCUT2D eigenvalue weighted by Gasteiger charge is -2.55. The minimum absolute atomic E-state index is 0.00350. The number of pyridine rings is 1. The van der Waals surface area contributed by atoms with Gasteiger partial charge in [-0.25, -0.2) is 8.78 Å². The van der Waals surface area contributed by atoms with E-state index in [1.807, 2.05) is 12.4 Å². The van der Waals surface area contributed by atoms with Gasteiger partial charge in [0, 0.05) is 36.8 Å². The first-order valence-electron chi connectivity index (χ1n) is 14.4. The van der Waals surface area contributed by atoms with E-state index in [0.717, 1.165) is 38.5 Å². The smallest absolute Gasteiger partial charge is 0.261 e. The highest BCUT2D eigenvalue weighted by Gasteiger charge is 2.66. The minimum atomic E-state index is -2.53. The predicted molar refractivity (Wildman–Crippen MR) is 141 cm³/mol. The van der Waals surface area contributed by atoms with E-state index in [2.05, 4.69) is 53.2 Å². The zero-order chi connectivity index (χ0) is 25.0. The van der Waals surface area contributed by atoms with Gasteiger partial charge in [-0.15, -0.1) is 0 Å². The van der Waals surface area contributed by atoms with Crippen LogP contribution in [0.25, 0.3) is 10.8 Å². The molecule has 194 valence electrons. The van der Waals surface area contributed by atoms with Crippen LogP contribution in [-0.2, 0) is 4.74 Å². The maximum atomic E-state index is 14.0. The second-order valence-electron chi connectivity index (χ2n) is 13.2. The number of aromatic nitrogens is 1. The van der Waals surface area contributed by atoms with Gasteiger partial charge in [-0.3, -0.25) is 9.88 Å². The van der Waals surface area contributed by atoms with Crippen molar-refractivity contribution in [2.75, 3.05) is 13.1 Å². The average Bonchev–Trinajstić information content (AvgIpc) is 3.54. The summed E-state index contributed by atoms with van der Waals surface area (Å²) in [4.78, 5) is 6.43. The normalized spacial score (nSPS) is 42.2. The van der Waals surface area contributed by atoms with Gasteiger partial charge in [0.15, 0.2) is 0 Å². The quantitative estimate of drug-likeness (QED) is 0.435. The minimum Gasteiger partial charge on any atom is -0.359 e. The fraction of sp³-hybridized carbons (Fsp3) is 0.594. The molecule has 6 aliphatic rings. The van der Waals surface area contributed by atoms with Crippen LogP contribution in [0.15, 0.2) is 60.0 Å². The molecule has 2 saturated heterocycles. The molecule has 5 heteroatoms. The van der Waals surface area contributed by atoms with Crippen molar-refractivity contribution in [3.63, 3.8) is 0 Å². The standard InChI is InChI=1S/C32H36F2N2O/c1-29-10-8-25-17-24-4-5-26(36-15-13-31(33,34)20-36)18-30(24)11-12-32(25,37-30)28(29)7-6-27(29)22-3-2-21-9-14-35-19-23(21)16-22/h2-3,8-9,14,16-17,19,26-28H,4-7,10-13,15,18,20H2,1H3/t26?,27?,28-,29-,30-,32-/m1/s1. The van der Waals surface area contributed by atoms with E-state index < -0.39 is 5.92 Å². The van der Waals surface area contributed by atoms with Crippen molar-refractivity contribution in [2.45, 2.75) is 93.8 Å². The number of nitrogens with zero attached hydrogens (tertiary/aromatic N) is 2. The third-order valence-corrected chi connectivity index (χ3v) is 11.4. The van der Waals surface area contributed by atoms with Crippen molar-refractivity contribution in [2.24, 2.45) is 11.3 Å². The fourth-order valence-corrected chi connectivity index (χ4v) is 9.64. The molecule has 6 atom stereocenters. The van der Waals surface area contributed by atoms with Gasteiger partial charge in [-0.1, -0.05) is 31.2 Å². The molecule has 0 N–H and O–H groups in total. The zero-order valence-corrected chi connectivity index (χ0v) is 21.7. The number of fused-ring (bicyclic) bond motifs is 2. The Morgan fingerprint density at radius 2 is 1.97 bits per heavy atom. The number of benzene rings is 1. The Kier molecular flexibility index (Phi) is 4.63. The van der Waals surface area contributed by atoms with Gasteiger partial charge in [0.2, 0.25) is 0 Å². The Hall–Kier alpha value is -2.11. The molecule has 3 nitrogen and oxygen atoms in total. The van der Waals surface area contributed by atoms with Crippen LogP contribution >= 0.6 is 0 Å². The Bertz CT molecular complexity index is 1350. The molecule has 3 aliphatic heterocycles. The van der Waals surface area contributed by atoms with Crippen LogP contribution in [0.3, 0.4) is 0 Å². The molecule has 1 aromatic heterocycles. The van der Waals surface area contributed by atoms with Crippen LogP contribution in [0.5, 0.6) is 0 Å². The van der Waals surface area contributed by atoms with Crippen molar-refractivity contribution in [1.29, 1.82) is 0 Å². The summed E-state index contributed by atoms with van der Waals surface area (Å²) < 4.78 is 35.5. The average molecular weight is 503 g/mol. The van der Waals surface area contributed by atoms with Crippen molar-refractivity contribution in [3.8, 4) is 0 Å². The molecule has 2 bridgehead atoms. The zero-order valence-electron chi connectivity index (χ0n) is 21.7. The number of rotatable bonds is 2. The van der Waals surface area contributed by atoms with E-state index in [4.69, 9.17) is 4.74 Å². The molecule has 2 spiro atoms. The number of alkyl halides is 2. The van der Waals surface area contributed by atoms with Crippen LogP contribution in [0, 0.1) is 11.3 Å². The molecular weight excluding hydrogens is 466 g/mol. The molecule has 37 heavy (non-hydrogen) atoms. The van der Waals surface area contributed by atoms with Gasteiger partial charge in [0.25, 0.3) is 5.92 Å². The summed E-state index contributed by atoms with van der Waals surface area (Å²) in [7, 11) is 0. The maximum absolute atomic E-state index is 14.0. The number of likely N-dealkylation sites (tertiary alicyclic amines) is 1. The third kappa shape index (κ3) is 3.13. The summed E-state index contributed by atoms with van der Waals surface area (Å²) in [6.45, 7) is 2.95. The first kappa shape index (κ1) is 22.8. The summed E-state index contributed by atoms with van der Waals surface area (Å²) >= 11 is 0. The number of halogens is 2. The van der Waals surface area contributed by atoms with Gasteiger partial charge in [0.1, 0.15) is 0 Å². The molecule has 3 aliphatic carbocycles. The second kappa shape index (κ2) is 7.51. The Morgan fingerprint density at radius 1 is 1.05 bits per heavy atom. The molecule has 4 fully saturated rings. The molecule has 8 rings (SSSR count). The Morgan fingerprint density at radius 3 is 2.84 bits per heavy atom. The van der Waals surface area contributed by atoms with Gasteiger partial charge < -0.3 is 4.74 Å². The number of hydrogen-bond acceptors (Lipinski definition) is 3.